The minimum atomic E-state index is -0.404. The third-order valence-electron chi connectivity index (χ3n) is 3.96. The first kappa shape index (κ1) is 20.2. The molecule has 3 aromatic rings. The van der Waals surface area contributed by atoms with E-state index in [4.69, 9.17) is 4.74 Å². The van der Waals surface area contributed by atoms with Crippen LogP contribution in [0.25, 0.3) is 0 Å². The molecule has 1 amide bonds. The molecule has 2 aromatic carbocycles. The zero-order valence-corrected chi connectivity index (χ0v) is 16.7. The number of hydrogen-bond acceptors (Lipinski definition) is 5. The van der Waals surface area contributed by atoms with E-state index >= 15 is 0 Å². The number of esters is 1. The van der Waals surface area contributed by atoms with E-state index < -0.39 is 5.97 Å². The maximum Gasteiger partial charge on any atom is 0.337 e. The second-order valence-electron chi connectivity index (χ2n) is 5.92. The highest BCUT2D eigenvalue weighted by Gasteiger charge is 2.11. The van der Waals surface area contributed by atoms with Gasteiger partial charge in [-0.2, -0.15) is 0 Å². The van der Waals surface area contributed by atoms with E-state index in [1.54, 1.807) is 48.7 Å². The summed E-state index contributed by atoms with van der Waals surface area (Å²) in [4.78, 5) is 28.4. The zero-order chi connectivity index (χ0) is 20.6. The normalized spacial score (nSPS) is 9.86. The fourth-order valence-corrected chi connectivity index (χ4v) is 3.13. The molecule has 0 aliphatic rings. The van der Waals surface area contributed by atoms with Gasteiger partial charge in [0.1, 0.15) is 5.03 Å². The second kappa shape index (κ2) is 9.58. The van der Waals surface area contributed by atoms with E-state index in [1.165, 1.54) is 18.9 Å². The van der Waals surface area contributed by atoms with E-state index in [0.717, 1.165) is 5.56 Å². The molecule has 0 aliphatic carbocycles. The average molecular weight is 402 g/mol. The molecule has 0 bridgehead atoms. The largest absolute Gasteiger partial charge is 0.465 e. The molecule has 3 rings (SSSR count). The van der Waals surface area contributed by atoms with Gasteiger partial charge in [0.15, 0.2) is 0 Å². The first-order chi connectivity index (χ1) is 14.1. The van der Waals surface area contributed by atoms with Crippen molar-refractivity contribution in [2.24, 2.45) is 0 Å². The summed E-state index contributed by atoms with van der Waals surface area (Å²) in [5, 5.41) is 3.55. The molecule has 0 fully saturated rings. The SMILES string of the molecule is COC(=O)c1cccc(C#Cc2cccc(NC(=O)c3cccnc3SC)c2)c1. The molecular formula is C23H18N2O3S. The Labute approximate surface area is 173 Å². The maximum atomic E-state index is 12.6. The zero-order valence-electron chi connectivity index (χ0n) is 15.9. The number of carbonyl (C=O) groups excluding carboxylic acids is 2. The number of thioether (sulfide) groups is 1. The Balaban J connectivity index is 1.78. The van der Waals surface area contributed by atoms with Gasteiger partial charge in [-0.1, -0.05) is 24.0 Å². The molecule has 1 aromatic heterocycles. The summed E-state index contributed by atoms with van der Waals surface area (Å²) in [6, 6.07) is 17.7. The number of anilines is 1. The molecule has 0 aliphatic heterocycles. The van der Waals surface area contributed by atoms with Gasteiger partial charge >= 0.3 is 5.97 Å². The Hall–Kier alpha value is -3.56. The second-order valence-corrected chi connectivity index (χ2v) is 6.71. The monoisotopic (exact) mass is 402 g/mol. The molecule has 0 spiro atoms. The third kappa shape index (κ3) is 5.24. The van der Waals surface area contributed by atoms with Gasteiger partial charge in [0, 0.05) is 23.0 Å². The van der Waals surface area contributed by atoms with Crippen LogP contribution >= 0.6 is 11.8 Å². The number of methoxy groups -OCH3 is 1. The van der Waals surface area contributed by atoms with Crippen LogP contribution in [0.15, 0.2) is 71.9 Å². The highest BCUT2D eigenvalue weighted by atomic mass is 32.2. The summed E-state index contributed by atoms with van der Waals surface area (Å²) in [6.45, 7) is 0. The Morgan fingerprint density at radius 2 is 1.72 bits per heavy atom. The fourth-order valence-electron chi connectivity index (χ4n) is 2.59. The van der Waals surface area contributed by atoms with Crippen molar-refractivity contribution in [1.82, 2.24) is 4.98 Å². The van der Waals surface area contributed by atoms with Crippen LogP contribution in [0.1, 0.15) is 31.8 Å². The number of rotatable bonds is 4. The predicted octanol–water partition coefficient (Wildman–Crippen LogP) is 4.24. The van der Waals surface area contributed by atoms with Crippen LogP contribution in [0.5, 0.6) is 0 Å². The Kier molecular flexibility index (Phi) is 6.67. The van der Waals surface area contributed by atoms with Gasteiger partial charge in [0.05, 0.1) is 18.2 Å². The number of pyridine rings is 1. The highest BCUT2D eigenvalue weighted by molar-refractivity contribution is 7.98. The lowest BCUT2D eigenvalue weighted by molar-refractivity contribution is 0.0600. The van der Waals surface area contributed by atoms with Crippen molar-refractivity contribution in [2.45, 2.75) is 5.03 Å². The number of ether oxygens (including phenoxy) is 1. The van der Waals surface area contributed by atoms with Crippen molar-refractivity contribution in [3.63, 3.8) is 0 Å². The molecule has 5 nitrogen and oxygen atoms in total. The predicted molar refractivity (Wildman–Crippen MR) is 114 cm³/mol. The van der Waals surface area contributed by atoms with Crippen molar-refractivity contribution in [3.8, 4) is 11.8 Å². The van der Waals surface area contributed by atoms with Crippen LogP contribution in [-0.4, -0.2) is 30.2 Å². The van der Waals surface area contributed by atoms with E-state index in [9.17, 15) is 9.59 Å². The van der Waals surface area contributed by atoms with Crippen LogP contribution < -0.4 is 5.32 Å². The summed E-state index contributed by atoms with van der Waals surface area (Å²) >= 11 is 1.42. The van der Waals surface area contributed by atoms with E-state index in [2.05, 4.69) is 22.1 Å². The van der Waals surface area contributed by atoms with Gasteiger partial charge < -0.3 is 10.1 Å². The number of hydrogen-bond donors (Lipinski definition) is 1. The summed E-state index contributed by atoms with van der Waals surface area (Å²) < 4.78 is 4.73. The molecule has 0 saturated carbocycles. The van der Waals surface area contributed by atoms with Crippen molar-refractivity contribution in [3.05, 3.63) is 89.1 Å². The molecule has 144 valence electrons. The van der Waals surface area contributed by atoms with Gasteiger partial charge in [-0.3, -0.25) is 4.79 Å². The summed E-state index contributed by atoms with van der Waals surface area (Å²) in [5.74, 6) is 5.45. The van der Waals surface area contributed by atoms with Gasteiger partial charge in [0.25, 0.3) is 5.91 Å². The summed E-state index contributed by atoms with van der Waals surface area (Å²) in [6.07, 6.45) is 3.54. The fraction of sp³-hybridized carbons (Fsp3) is 0.0870. The Bertz CT molecular complexity index is 1120. The van der Waals surface area contributed by atoms with Crippen molar-refractivity contribution < 1.29 is 14.3 Å². The van der Waals surface area contributed by atoms with E-state index in [-0.39, 0.29) is 5.91 Å². The van der Waals surface area contributed by atoms with E-state index in [0.29, 0.717) is 27.4 Å². The maximum absolute atomic E-state index is 12.6. The molecule has 0 unspecified atom stereocenters. The Morgan fingerprint density at radius 3 is 2.45 bits per heavy atom. The lowest BCUT2D eigenvalue weighted by Gasteiger charge is -2.08. The summed E-state index contributed by atoms with van der Waals surface area (Å²) in [7, 11) is 1.34. The van der Waals surface area contributed by atoms with Gasteiger partial charge in [-0.05, 0) is 54.8 Å². The van der Waals surface area contributed by atoms with Crippen molar-refractivity contribution >= 4 is 29.3 Å². The molecule has 1 heterocycles. The van der Waals surface area contributed by atoms with Crippen LogP contribution in [0.2, 0.25) is 0 Å². The van der Waals surface area contributed by atoms with Gasteiger partial charge in [-0.15, -0.1) is 11.8 Å². The van der Waals surface area contributed by atoms with E-state index in [1.807, 2.05) is 24.5 Å². The quantitative estimate of drug-likeness (QED) is 0.402. The first-order valence-electron chi connectivity index (χ1n) is 8.71. The molecule has 0 atom stereocenters. The molecule has 29 heavy (non-hydrogen) atoms. The van der Waals surface area contributed by atoms with Crippen molar-refractivity contribution in [1.29, 1.82) is 0 Å². The molecule has 6 heteroatoms. The number of amides is 1. The van der Waals surface area contributed by atoms with Crippen LogP contribution in [0, 0.1) is 11.8 Å². The Morgan fingerprint density at radius 1 is 1.00 bits per heavy atom. The highest BCUT2D eigenvalue weighted by Crippen LogP contribution is 2.19. The number of carbonyl (C=O) groups is 2. The lowest BCUT2D eigenvalue weighted by Crippen LogP contribution is -2.13. The van der Waals surface area contributed by atoms with Gasteiger partial charge in [-0.25, -0.2) is 9.78 Å². The summed E-state index contributed by atoms with van der Waals surface area (Å²) in [5.41, 5.74) is 3.04. The standard InChI is InChI=1S/C23H18N2O3S/c1-28-23(27)18-8-3-6-16(14-18)11-12-17-7-4-9-19(15-17)25-21(26)20-10-5-13-24-22(20)29-2/h3-10,13-15H,1-2H3,(H,25,26). The smallest absolute Gasteiger partial charge is 0.337 e. The number of nitrogens with zero attached hydrogens (tertiary/aromatic N) is 1. The lowest BCUT2D eigenvalue weighted by atomic mass is 10.1. The third-order valence-corrected chi connectivity index (χ3v) is 4.68. The van der Waals surface area contributed by atoms with Crippen LogP contribution in [0.3, 0.4) is 0 Å². The minimum Gasteiger partial charge on any atom is -0.465 e. The van der Waals surface area contributed by atoms with Gasteiger partial charge in [0.2, 0.25) is 0 Å². The average Bonchev–Trinajstić information content (AvgIpc) is 2.77. The molecular weight excluding hydrogens is 384 g/mol. The topological polar surface area (TPSA) is 68.3 Å². The molecule has 1 N–H and O–H groups in total. The number of nitrogens with one attached hydrogen (secondary N) is 1. The number of aromatic nitrogens is 1. The van der Waals surface area contributed by atoms with Crippen LogP contribution in [0.4, 0.5) is 5.69 Å². The minimum absolute atomic E-state index is 0.224. The molecule has 0 saturated heterocycles. The molecule has 0 radical (unpaired) electrons. The van der Waals surface area contributed by atoms with Crippen LogP contribution in [-0.2, 0) is 4.74 Å². The number of benzene rings is 2. The first-order valence-corrected chi connectivity index (χ1v) is 9.94. The van der Waals surface area contributed by atoms with Crippen molar-refractivity contribution in [2.75, 3.05) is 18.7 Å².